The van der Waals surface area contributed by atoms with Gasteiger partial charge in [-0.05, 0) is 24.3 Å². The Kier molecular flexibility index (Phi) is 1.59. The molecule has 0 bridgehead atoms. The van der Waals surface area contributed by atoms with Gasteiger partial charge >= 0.3 is 0 Å². The molecule has 0 radical (unpaired) electrons. The molecule has 0 spiro atoms. The van der Waals surface area contributed by atoms with Crippen molar-refractivity contribution >= 4 is 11.1 Å². The molecule has 1 heterocycles. The fourth-order valence-corrected chi connectivity index (χ4v) is 1.59. The van der Waals surface area contributed by atoms with E-state index in [1.54, 1.807) is 12.1 Å². The standard InChI is InChI=1S/C12H8N2O/c13-8-4-3-7-11-12(8)14-9-5-1-2-6-10(9)15-11/h1-7,13H. The van der Waals surface area contributed by atoms with Crippen molar-refractivity contribution in [3.8, 4) is 11.5 Å². The molecular weight excluding hydrogens is 188 g/mol. The van der Waals surface area contributed by atoms with Gasteiger partial charge in [0.05, 0.1) is 5.36 Å². The first-order valence-corrected chi connectivity index (χ1v) is 4.68. The quantitative estimate of drug-likeness (QED) is 0.561. The van der Waals surface area contributed by atoms with E-state index >= 15 is 0 Å². The fourth-order valence-electron chi connectivity index (χ4n) is 1.59. The number of benzene rings is 2. The molecule has 0 saturated heterocycles. The number of aromatic nitrogens is 1. The zero-order valence-corrected chi connectivity index (χ0v) is 7.90. The molecule has 15 heavy (non-hydrogen) atoms. The second-order valence-corrected chi connectivity index (χ2v) is 3.33. The Bertz CT molecular complexity index is 657. The normalized spacial score (nSPS) is 10.9. The van der Waals surface area contributed by atoms with Crippen LogP contribution in [-0.4, -0.2) is 4.98 Å². The van der Waals surface area contributed by atoms with Gasteiger partial charge in [0.15, 0.2) is 11.3 Å². The topological polar surface area (TPSA) is 49.9 Å². The molecule has 0 aromatic heterocycles. The van der Waals surface area contributed by atoms with E-state index in [0.717, 1.165) is 11.1 Å². The summed E-state index contributed by atoms with van der Waals surface area (Å²) in [5, 5.41) is 8.11. The summed E-state index contributed by atoms with van der Waals surface area (Å²) in [6, 6.07) is 12.9. The number of nitrogens with one attached hydrogen (secondary N) is 1. The highest BCUT2D eigenvalue weighted by atomic mass is 16.3. The number of para-hydroxylation sites is 3. The maximum Gasteiger partial charge on any atom is 0.155 e. The predicted molar refractivity (Wildman–Crippen MR) is 56.5 cm³/mol. The molecule has 0 unspecified atom stereocenters. The SMILES string of the molecule is N=c1cccc2oc3ccccc3nc1-2. The van der Waals surface area contributed by atoms with Gasteiger partial charge in [0.1, 0.15) is 11.2 Å². The molecule has 72 valence electrons. The average Bonchev–Trinajstić information content (AvgIpc) is 2.27. The lowest BCUT2D eigenvalue weighted by Gasteiger charge is -2.04. The lowest BCUT2D eigenvalue weighted by Crippen LogP contribution is -2.06. The van der Waals surface area contributed by atoms with Gasteiger partial charge in [-0.15, -0.1) is 0 Å². The third-order valence-electron chi connectivity index (χ3n) is 2.32. The van der Waals surface area contributed by atoms with Gasteiger partial charge in [-0.3, -0.25) is 5.41 Å². The second-order valence-electron chi connectivity index (χ2n) is 3.33. The third kappa shape index (κ3) is 1.21. The summed E-state index contributed by atoms with van der Waals surface area (Å²) in [4.78, 5) is 4.40. The van der Waals surface area contributed by atoms with Crippen LogP contribution < -0.4 is 5.36 Å². The maximum absolute atomic E-state index is 7.72. The molecule has 0 saturated carbocycles. The summed E-state index contributed by atoms with van der Waals surface area (Å²) < 4.78 is 5.64. The van der Waals surface area contributed by atoms with E-state index in [1.807, 2.05) is 30.3 Å². The number of hydrogen-bond donors (Lipinski definition) is 1. The van der Waals surface area contributed by atoms with Crippen molar-refractivity contribution < 1.29 is 4.42 Å². The van der Waals surface area contributed by atoms with Gasteiger partial charge in [-0.1, -0.05) is 18.2 Å². The largest absolute Gasteiger partial charge is 0.453 e. The molecule has 1 aromatic carbocycles. The van der Waals surface area contributed by atoms with Crippen molar-refractivity contribution in [2.45, 2.75) is 0 Å². The first-order chi connectivity index (χ1) is 7.34. The van der Waals surface area contributed by atoms with E-state index in [1.165, 1.54) is 0 Å². The Hall–Kier alpha value is -2.16. The average molecular weight is 196 g/mol. The zero-order chi connectivity index (χ0) is 10.3. The molecule has 1 aliphatic heterocycles. The van der Waals surface area contributed by atoms with Crippen LogP contribution in [0, 0.1) is 5.41 Å². The Balaban J connectivity index is 2.54. The first-order valence-electron chi connectivity index (χ1n) is 4.68. The summed E-state index contributed by atoms with van der Waals surface area (Å²) in [6.45, 7) is 0. The molecule has 0 amide bonds. The molecule has 1 aliphatic carbocycles. The minimum Gasteiger partial charge on any atom is -0.453 e. The van der Waals surface area contributed by atoms with Gasteiger partial charge in [-0.25, -0.2) is 4.98 Å². The van der Waals surface area contributed by atoms with Crippen molar-refractivity contribution in [2.24, 2.45) is 0 Å². The highest BCUT2D eigenvalue weighted by molar-refractivity contribution is 5.75. The maximum atomic E-state index is 7.72. The van der Waals surface area contributed by atoms with Gasteiger partial charge < -0.3 is 4.42 Å². The summed E-state index contributed by atoms with van der Waals surface area (Å²) in [5.41, 5.74) is 2.14. The van der Waals surface area contributed by atoms with Crippen LogP contribution >= 0.6 is 0 Å². The number of nitrogens with zero attached hydrogens (tertiary/aromatic N) is 1. The van der Waals surface area contributed by atoms with E-state index in [0.29, 0.717) is 16.8 Å². The minimum atomic E-state index is 0.391. The third-order valence-corrected chi connectivity index (χ3v) is 2.32. The molecular formula is C12H8N2O. The molecule has 1 N–H and O–H groups in total. The highest BCUT2D eigenvalue weighted by Gasteiger charge is 2.08. The van der Waals surface area contributed by atoms with Gasteiger partial charge in [-0.2, -0.15) is 0 Å². The first kappa shape index (κ1) is 8.17. The second kappa shape index (κ2) is 2.92. The Morgan fingerprint density at radius 2 is 1.87 bits per heavy atom. The Morgan fingerprint density at radius 3 is 2.80 bits per heavy atom. The summed E-state index contributed by atoms with van der Waals surface area (Å²) in [6.07, 6.45) is 0. The molecule has 2 aliphatic rings. The van der Waals surface area contributed by atoms with Crippen molar-refractivity contribution in [1.82, 2.24) is 4.98 Å². The van der Waals surface area contributed by atoms with Crippen LogP contribution in [-0.2, 0) is 0 Å². The molecule has 3 rings (SSSR count). The molecule has 0 atom stereocenters. The lowest BCUT2D eigenvalue weighted by atomic mass is 10.2. The van der Waals surface area contributed by atoms with Crippen LogP contribution in [0.1, 0.15) is 0 Å². The molecule has 3 nitrogen and oxygen atoms in total. The van der Waals surface area contributed by atoms with Gasteiger partial charge in [0.2, 0.25) is 0 Å². The van der Waals surface area contributed by atoms with E-state index in [9.17, 15) is 0 Å². The van der Waals surface area contributed by atoms with E-state index in [4.69, 9.17) is 9.83 Å². The van der Waals surface area contributed by atoms with Crippen molar-refractivity contribution in [1.29, 1.82) is 5.41 Å². The highest BCUT2D eigenvalue weighted by Crippen LogP contribution is 2.21. The van der Waals surface area contributed by atoms with Crippen LogP contribution in [0.2, 0.25) is 0 Å². The summed E-state index contributed by atoms with van der Waals surface area (Å²) in [7, 11) is 0. The number of hydrogen-bond acceptors (Lipinski definition) is 3. The minimum absolute atomic E-state index is 0.391. The smallest absolute Gasteiger partial charge is 0.155 e. The number of rotatable bonds is 0. The molecule has 3 heteroatoms. The molecule has 0 fully saturated rings. The monoisotopic (exact) mass is 196 g/mol. The van der Waals surface area contributed by atoms with Crippen molar-refractivity contribution in [3.63, 3.8) is 0 Å². The van der Waals surface area contributed by atoms with Crippen LogP contribution in [0.4, 0.5) is 0 Å². The van der Waals surface area contributed by atoms with Crippen molar-refractivity contribution in [3.05, 3.63) is 47.8 Å². The van der Waals surface area contributed by atoms with E-state index in [-0.39, 0.29) is 0 Å². The summed E-state index contributed by atoms with van der Waals surface area (Å²) in [5.74, 6) is 0.654. The van der Waals surface area contributed by atoms with Crippen LogP contribution in [0.15, 0.2) is 46.9 Å². The Labute approximate surface area is 85.9 Å². The van der Waals surface area contributed by atoms with Gasteiger partial charge in [0.25, 0.3) is 0 Å². The van der Waals surface area contributed by atoms with E-state index < -0.39 is 0 Å². The fraction of sp³-hybridized carbons (Fsp3) is 0. The van der Waals surface area contributed by atoms with Gasteiger partial charge in [0, 0.05) is 0 Å². The lowest BCUT2D eigenvalue weighted by molar-refractivity contribution is 0.611. The van der Waals surface area contributed by atoms with Crippen LogP contribution in [0.5, 0.6) is 0 Å². The van der Waals surface area contributed by atoms with Crippen LogP contribution in [0.3, 0.4) is 0 Å². The Morgan fingerprint density at radius 1 is 1.00 bits per heavy atom. The predicted octanol–water partition coefficient (Wildman–Crippen LogP) is 2.41. The molecule has 1 aromatic rings. The summed E-state index contributed by atoms with van der Waals surface area (Å²) >= 11 is 0. The van der Waals surface area contributed by atoms with Crippen molar-refractivity contribution in [2.75, 3.05) is 0 Å². The van der Waals surface area contributed by atoms with E-state index in [2.05, 4.69) is 4.98 Å². The zero-order valence-electron chi connectivity index (χ0n) is 7.90. The number of fused-ring (bicyclic) bond motifs is 2. The van der Waals surface area contributed by atoms with Crippen LogP contribution in [0.25, 0.3) is 22.6 Å².